The quantitative estimate of drug-likeness (QED) is 0.0742. The molecule has 1 rings (SSSR count). The molecule has 6 atom stereocenters. The summed E-state index contributed by atoms with van der Waals surface area (Å²) in [4.78, 5) is 52.4. The molecule has 0 fully saturated rings. The summed E-state index contributed by atoms with van der Waals surface area (Å²) in [6, 6.07) is -0.409. The minimum atomic E-state index is -1.03. The average molecular weight is 743 g/mol. The largest absolute Gasteiger partial charge is 0.426 e. The summed E-state index contributed by atoms with van der Waals surface area (Å²) in [5, 5.41) is 27.1. The van der Waals surface area contributed by atoms with Crippen molar-refractivity contribution in [2.45, 2.75) is 165 Å². The molecule has 0 aliphatic heterocycles. The number of hydrogen-bond donors (Lipinski definition) is 5. The van der Waals surface area contributed by atoms with E-state index in [-0.39, 0.29) is 36.8 Å². The van der Waals surface area contributed by atoms with Gasteiger partial charge in [0.25, 0.3) is 0 Å². The molecule has 1 unspecified atom stereocenters. The molecule has 5 N–H and O–H groups in total. The maximum atomic E-state index is 13.6. The molecule has 0 aromatic carbocycles. The SMILES string of the molecule is CC.CC.CCCCCNC(=O)[C@@H](NC(=O)[C@H](C)C[C@H](O)[C@H](CC(CC)CCC)NC(=O)[C@H](CCSC)NC(=O)OCn1nccc1C)C(C)C. The minimum Gasteiger partial charge on any atom is -0.426 e. The zero-order chi connectivity index (χ0) is 39.4. The van der Waals surface area contributed by atoms with Gasteiger partial charge in [0.05, 0.1) is 12.1 Å². The van der Waals surface area contributed by atoms with Crippen LogP contribution in [0.1, 0.15) is 133 Å². The Hall–Kier alpha value is -2.80. The van der Waals surface area contributed by atoms with E-state index in [1.54, 1.807) is 30.9 Å². The van der Waals surface area contributed by atoms with E-state index in [0.717, 1.165) is 44.2 Å². The van der Waals surface area contributed by atoms with E-state index in [2.05, 4.69) is 47.1 Å². The lowest BCUT2D eigenvalue weighted by atomic mass is 9.87. The number of nitrogens with zero attached hydrogens (tertiary/aromatic N) is 2. The molecule has 1 heterocycles. The Labute approximate surface area is 314 Å². The van der Waals surface area contributed by atoms with E-state index in [9.17, 15) is 24.3 Å². The van der Waals surface area contributed by atoms with Crippen molar-refractivity contribution < 1.29 is 29.0 Å². The number of aliphatic hydroxyl groups excluding tert-OH is 1. The number of unbranched alkanes of at least 4 members (excludes halogenated alkanes) is 2. The van der Waals surface area contributed by atoms with Crippen LogP contribution in [0.5, 0.6) is 0 Å². The Morgan fingerprint density at radius 2 is 1.57 bits per heavy atom. The van der Waals surface area contributed by atoms with Gasteiger partial charge in [0.2, 0.25) is 17.7 Å². The van der Waals surface area contributed by atoms with Crippen molar-refractivity contribution in [2.24, 2.45) is 17.8 Å². The number of amides is 4. The molecule has 298 valence electrons. The standard InChI is InChI=1S/C34H62N6O6S.2C2H6/c1-9-12-13-17-35-33(44)30(23(4)5)39-31(42)24(6)20-29(41)28(21-26(11-3)14-10-2)37-32(43)27(16-19-47-8)38-34(45)46-22-40-25(7)15-18-36-40;2*1-2/h15,18,23-24,26-30,41H,9-14,16-17,19-22H2,1-8H3,(H,35,44)(H,37,43)(H,38,45)(H,39,42);2*1-2H3/t24-,26?,27+,28+,29+,30+;;/m1../s1. The molecule has 12 nitrogen and oxygen atoms in total. The molecule has 0 aliphatic carbocycles. The first-order valence-electron chi connectivity index (χ1n) is 19.3. The summed E-state index contributed by atoms with van der Waals surface area (Å²) in [5.41, 5.74) is 0.831. The highest BCUT2D eigenvalue weighted by molar-refractivity contribution is 7.98. The number of rotatable bonds is 24. The first-order chi connectivity index (χ1) is 24.4. The monoisotopic (exact) mass is 743 g/mol. The Kier molecular flexibility index (Phi) is 30.4. The molecular formula is C38H74N6O6S. The van der Waals surface area contributed by atoms with Gasteiger partial charge in [-0.1, -0.05) is 101 Å². The third-order valence-electron chi connectivity index (χ3n) is 8.49. The van der Waals surface area contributed by atoms with Crippen molar-refractivity contribution in [1.29, 1.82) is 0 Å². The molecule has 0 bridgehead atoms. The van der Waals surface area contributed by atoms with Crippen LogP contribution in [0.15, 0.2) is 12.3 Å². The summed E-state index contributed by atoms with van der Waals surface area (Å²) >= 11 is 1.55. The summed E-state index contributed by atoms with van der Waals surface area (Å²) in [7, 11) is 0. The second-order valence-electron chi connectivity index (χ2n) is 12.9. The molecular weight excluding hydrogens is 669 g/mol. The number of aromatic nitrogens is 2. The molecule has 51 heavy (non-hydrogen) atoms. The van der Waals surface area contributed by atoms with Crippen LogP contribution in [0.3, 0.4) is 0 Å². The van der Waals surface area contributed by atoms with E-state index in [4.69, 9.17) is 4.74 Å². The lowest BCUT2D eigenvalue weighted by Crippen LogP contribution is -2.54. The van der Waals surface area contributed by atoms with Gasteiger partial charge in [0.1, 0.15) is 12.1 Å². The first kappa shape index (κ1) is 50.3. The van der Waals surface area contributed by atoms with Crippen LogP contribution >= 0.6 is 11.8 Å². The lowest BCUT2D eigenvalue weighted by Gasteiger charge is -2.31. The molecule has 0 saturated heterocycles. The fourth-order valence-corrected chi connectivity index (χ4v) is 5.83. The van der Waals surface area contributed by atoms with E-state index >= 15 is 0 Å². The van der Waals surface area contributed by atoms with Crippen LogP contribution in [0.2, 0.25) is 0 Å². The van der Waals surface area contributed by atoms with Crippen LogP contribution in [0.4, 0.5) is 4.79 Å². The summed E-state index contributed by atoms with van der Waals surface area (Å²) in [5.74, 6) is -0.811. The number of carbonyl (C=O) groups excluding carboxylic acids is 4. The van der Waals surface area contributed by atoms with Crippen molar-refractivity contribution in [2.75, 3.05) is 18.6 Å². The maximum absolute atomic E-state index is 13.6. The predicted octanol–water partition coefficient (Wildman–Crippen LogP) is 6.58. The zero-order valence-corrected chi connectivity index (χ0v) is 34.8. The molecule has 0 aliphatic rings. The van der Waals surface area contributed by atoms with Crippen LogP contribution in [-0.2, 0) is 25.9 Å². The Morgan fingerprint density at radius 3 is 2.10 bits per heavy atom. The van der Waals surface area contributed by atoms with Gasteiger partial charge in [-0.3, -0.25) is 14.4 Å². The van der Waals surface area contributed by atoms with Gasteiger partial charge in [-0.05, 0) is 62.5 Å². The molecule has 13 heteroatoms. The van der Waals surface area contributed by atoms with Crippen molar-refractivity contribution >= 4 is 35.6 Å². The Balaban J connectivity index is 0. The van der Waals surface area contributed by atoms with Gasteiger partial charge < -0.3 is 31.1 Å². The fraction of sp³-hybridized carbons (Fsp3) is 0.816. The van der Waals surface area contributed by atoms with Crippen LogP contribution in [0, 0.1) is 24.7 Å². The predicted molar refractivity (Wildman–Crippen MR) is 210 cm³/mol. The number of aryl methyl sites for hydroxylation is 1. The molecule has 1 aromatic heterocycles. The van der Waals surface area contributed by atoms with E-state index in [0.29, 0.717) is 25.1 Å². The van der Waals surface area contributed by atoms with Gasteiger partial charge in [0, 0.05) is 24.4 Å². The number of hydrogen-bond acceptors (Lipinski definition) is 8. The third-order valence-corrected chi connectivity index (χ3v) is 9.13. The van der Waals surface area contributed by atoms with E-state index < -0.39 is 42.1 Å². The third kappa shape index (κ3) is 21.4. The Bertz CT molecular complexity index is 1070. The van der Waals surface area contributed by atoms with E-state index in [1.807, 2.05) is 54.7 Å². The van der Waals surface area contributed by atoms with Crippen molar-refractivity contribution in [3.05, 3.63) is 18.0 Å². The normalized spacial score (nSPS) is 14.2. The topological polar surface area (TPSA) is 164 Å². The van der Waals surface area contributed by atoms with Crippen molar-refractivity contribution in [3.63, 3.8) is 0 Å². The maximum Gasteiger partial charge on any atom is 0.409 e. The number of alkyl carbamates (subject to hydrolysis) is 1. The number of aliphatic hydroxyl groups is 1. The van der Waals surface area contributed by atoms with Gasteiger partial charge in [-0.25, -0.2) is 9.48 Å². The first-order valence-corrected chi connectivity index (χ1v) is 20.7. The number of ether oxygens (including phenoxy) is 1. The van der Waals surface area contributed by atoms with E-state index in [1.165, 1.54) is 4.68 Å². The molecule has 0 spiro atoms. The summed E-state index contributed by atoms with van der Waals surface area (Å²) < 4.78 is 6.84. The van der Waals surface area contributed by atoms with Gasteiger partial charge in [-0.15, -0.1) is 0 Å². The zero-order valence-electron chi connectivity index (χ0n) is 34.0. The highest BCUT2D eigenvalue weighted by Gasteiger charge is 2.32. The van der Waals surface area contributed by atoms with Gasteiger partial charge in [0.15, 0.2) is 6.73 Å². The highest BCUT2D eigenvalue weighted by atomic mass is 32.2. The second kappa shape index (κ2) is 30.8. The molecule has 0 radical (unpaired) electrons. The van der Waals surface area contributed by atoms with Gasteiger partial charge >= 0.3 is 6.09 Å². The second-order valence-corrected chi connectivity index (χ2v) is 13.8. The number of nitrogens with one attached hydrogen (secondary N) is 4. The molecule has 0 saturated carbocycles. The number of thioether (sulfide) groups is 1. The van der Waals surface area contributed by atoms with Crippen molar-refractivity contribution in [3.8, 4) is 0 Å². The smallest absolute Gasteiger partial charge is 0.409 e. The van der Waals surface area contributed by atoms with Crippen LogP contribution in [0.25, 0.3) is 0 Å². The molecule has 4 amide bonds. The van der Waals surface area contributed by atoms with Crippen LogP contribution < -0.4 is 21.3 Å². The highest BCUT2D eigenvalue weighted by Crippen LogP contribution is 2.22. The summed E-state index contributed by atoms with van der Waals surface area (Å²) in [6.07, 6.45) is 8.47. The minimum absolute atomic E-state index is 0.0871. The summed E-state index contributed by atoms with van der Waals surface area (Å²) in [6.45, 7) is 22.1. The lowest BCUT2D eigenvalue weighted by molar-refractivity contribution is -0.132. The fourth-order valence-electron chi connectivity index (χ4n) is 5.35. The average Bonchev–Trinajstić information content (AvgIpc) is 3.54. The Morgan fingerprint density at radius 1 is 0.902 bits per heavy atom. The van der Waals surface area contributed by atoms with Crippen LogP contribution in [-0.4, -0.2) is 81.5 Å². The molecule has 1 aromatic rings. The van der Waals surface area contributed by atoms with Crippen molar-refractivity contribution in [1.82, 2.24) is 31.0 Å². The van der Waals surface area contributed by atoms with Gasteiger partial charge in [-0.2, -0.15) is 16.9 Å². The number of carbonyl (C=O) groups is 4.